The molecule has 2 rings (SSSR count). The van der Waals surface area contributed by atoms with Gasteiger partial charge in [0.1, 0.15) is 5.75 Å². The van der Waals surface area contributed by atoms with Gasteiger partial charge in [-0.3, -0.25) is 0 Å². The molecule has 0 aromatic heterocycles. The van der Waals surface area contributed by atoms with Crippen molar-refractivity contribution in [3.63, 3.8) is 0 Å². The van der Waals surface area contributed by atoms with E-state index in [1.807, 2.05) is 44.2 Å². The summed E-state index contributed by atoms with van der Waals surface area (Å²) in [6, 6.07) is 14.7. The summed E-state index contributed by atoms with van der Waals surface area (Å²) in [5.41, 5.74) is 2.14. The molecular weight excluding hydrogens is 276 g/mol. The molecule has 1 N–H and O–H groups in total. The second-order valence-corrected chi connectivity index (χ2v) is 4.55. The van der Waals surface area contributed by atoms with E-state index in [4.69, 9.17) is 9.84 Å². The van der Waals surface area contributed by atoms with Crippen molar-refractivity contribution in [2.45, 2.75) is 20.0 Å². The number of hydrogen-bond donors (Lipinski definition) is 1. The van der Waals surface area contributed by atoms with Gasteiger partial charge in [-0.05, 0) is 37.6 Å². The van der Waals surface area contributed by atoms with Crippen LogP contribution in [0.1, 0.15) is 24.2 Å². The first kappa shape index (κ1) is 16.1. The fourth-order valence-corrected chi connectivity index (χ4v) is 1.86. The Morgan fingerprint density at radius 2 is 1.75 bits per heavy atom. The molecule has 0 unspecified atom stereocenters. The molecule has 0 aliphatic carbocycles. The molecule has 106 valence electrons. The number of aromatic carboxylic acids is 1. The van der Waals surface area contributed by atoms with E-state index in [-0.39, 0.29) is 24.1 Å². The molecule has 0 aliphatic heterocycles. The number of carbonyl (C=O) groups is 1. The van der Waals surface area contributed by atoms with E-state index in [9.17, 15) is 4.79 Å². The predicted molar refractivity (Wildman–Crippen MR) is 81.8 cm³/mol. The number of halogens is 1. The highest BCUT2D eigenvalue weighted by Gasteiger charge is 2.12. The maximum absolute atomic E-state index is 11.0. The number of ether oxygens (including phenoxy) is 1. The Labute approximate surface area is 124 Å². The minimum Gasteiger partial charge on any atom is -0.490 e. The largest absolute Gasteiger partial charge is 0.490 e. The molecule has 4 heteroatoms. The zero-order valence-electron chi connectivity index (χ0n) is 11.4. The van der Waals surface area contributed by atoms with Crippen molar-refractivity contribution < 1.29 is 14.6 Å². The van der Waals surface area contributed by atoms with Crippen molar-refractivity contribution in [1.29, 1.82) is 0 Å². The Kier molecular flexibility index (Phi) is 5.59. The summed E-state index contributed by atoms with van der Waals surface area (Å²) in [5, 5.41) is 9.05. The first-order valence-corrected chi connectivity index (χ1v) is 6.17. The van der Waals surface area contributed by atoms with E-state index in [1.165, 1.54) is 0 Å². The number of carboxylic acids is 1. The standard InChI is InChI=1S/C16H16O3.ClH/c1-11(2)19-15-10-13(16(17)18)8-9-14(15)12-6-4-3-5-7-12;/h3-11H,1-2H3,(H,17,18);1H. The van der Waals surface area contributed by atoms with Crippen LogP contribution in [0.15, 0.2) is 48.5 Å². The molecule has 2 aromatic carbocycles. The summed E-state index contributed by atoms with van der Waals surface area (Å²) in [4.78, 5) is 11.0. The number of carboxylic acid groups (broad SMARTS) is 1. The van der Waals surface area contributed by atoms with Gasteiger partial charge in [-0.1, -0.05) is 30.3 Å². The summed E-state index contributed by atoms with van der Waals surface area (Å²) in [6.07, 6.45) is -0.00786. The molecular formula is C16H17ClO3. The molecule has 3 nitrogen and oxygen atoms in total. The maximum Gasteiger partial charge on any atom is 0.335 e. The van der Waals surface area contributed by atoms with Crippen LogP contribution in [-0.2, 0) is 0 Å². The normalized spacial score (nSPS) is 9.95. The second-order valence-electron chi connectivity index (χ2n) is 4.55. The summed E-state index contributed by atoms with van der Waals surface area (Å²) in [5.74, 6) is -0.352. The summed E-state index contributed by atoms with van der Waals surface area (Å²) >= 11 is 0. The van der Waals surface area contributed by atoms with Crippen LogP contribution in [-0.4, -0.2) is 17.2 Å². The van der Waals surface area contributed by atoms with Gasteiger partial charge in [0.05, 0.1) is 11.7 Å². The molecule has 0 radical (unpaired) electrons. The molecule has 0 aliphatic rings. The molecule has 0 fully saturated rings. The average Bonchev–Trinajstić information content (AvgIpc) is 2.39. The highest BCUT2D eigenvalue weighted by atomic mass is 35.5. The van der Waals surface area contributed by atoms with Gasteiger partial charge in [0.25, 0.3) is 0 Å². The number of hydrogen-bond acceptors (Lipinski definition) is 2. The zero-order chi connectivity index (χ0) is 13.8. The second kappa shape index (κ2) is 6.96. The van der Waals surface area contributed by atoms with Gasteiger partial charge in [0.15, 0.2) is 0 Å². The lowest BCUT2D eigenvalue weighted by atomic mass is 10.0. The predicted octanol–water partition coefficient (Wildman–Crippen LogP) is 4.26. The summed E-state index contributed by atoms with van der Waals surface area (Å²) < 4.78 is 5.73. The smallest absolute Gasteiger partial charge is 0.335 e. The highest BCUT2D eigenvalue weighted by molar-refractivity contribution is 5.89. The quantitative estimate of drug-likeness (QED) is 0.916. The summed E-state index contributed by atoms with van der Waals surface area (Å²) in [6.45, 7) is 3.84. The third-order valence-electron chi connectivity index (χ3n) is 2.68. The van der Waals surface area contributed by atoms with Crippen LogP contribution >= 0.6 is 12.4 Å². The van der Waals surface area contributed by atoms with Crippen LogP contribution in [0.25, 0.3) is 11.1 Å². The third kappa shape index (κ3) is 3.75. The first-order chi connectivity index (χ1) is 9.08. The molecule has 0 amide bonds. The van der Waals surface area contributed by atoms with Gasteiger partial charge >= 0.3 is 5.97 Å². The Bertz CT molecular complexity index is 580. The molecule has 20 heavy (non-hydrogen) atoms. The molecule has 0 saturated heterocycles. The van der Waals surface area contributed by atoms with Gasteiger partial charge in [-0.25, -0.2) is 4.79 Å². The van der Waals surface area contributed by atoms with Gasteiger partial charge in [-0.15, -0.1) is 12.4 Å². The van der Waals surface area contributed by atoms with E-state index >= 15 is 0 Å². The topological polar surface area (TPSA) is 46.5 Å². The average molecular weight is 293 g/mol. The summed E-state index contributed by atoms with van der Waals surface area (Å²) in [7, 11) is 0. The van der Waals surface area contributed by atoms with Crippen LogP contribution in [0.5, 0.6) is 5.75 Å². The molecule has 0 spiro atoms. The molecule has 0 heterocycles. The van der Waals surface area contributed by atoms with Crippen molar-refractivity contribution in [3.8, 4) is 16.9 Å². The Morgan fingerprint density at radius 1 is 1.10 bits per heavy atom. The van der Waals surface area contributed by atoms with E-state index in [0.29, 0.717) is 5.75 Å². The minimum absolute atomic E-state index is 0. The third-order valence-corrected chi connectivity index (χ3v) is 2.68. The lowest BCUT2D eigenvalue weighted by Gasteiger charge is -2.15. The Balaban J connectivity index is 0.00000200. The van der Waals surface area contributed by atoms with Crippen LogP contribution in [0.2, 0.25) is 0 Å². The molecule has 0 bridgehead atoms. The van der Waals surface area contributed by atoms with E-state index < -0.39 is 5.97 Å². The van der Waals surface area contributed by atoms with E-state index in [0.717, 1.165) is 11.1 Å². The van der Waals surface area contributed by atoms with Crippen molar-refractivity contribution in [2.75, 3.05) is 0 Å². The van der Waals surface area contributed by atoms with Gasteiger partial charge in [0, 0.05) is 5.56 Å². The minimum atomic E-state index is -0.951. The lowest BCUT2D eigenvalue weighted by Crippen LogP contribution is -2.08. The van der Waals surface area contributed by atoms with Crippen LogP contribution in [0.4, 0.5) is 0 Å². The highest BCUT2D eigenvalue weighted by Crippen LogP contribution is 2.31. The van der Waals surface area contributed by atoms with Crippen molar-refractivity contribution in [3.05, 3.63) is 54.1 Å². The fourth-order valence-electron chi connectivity index (χ4n) is 1.86. The van der Waals surface area contributed by atoms with Crippen molar-refractivity contribution >= 4 is 18.4 Å². The Morgan fingerprint density at radius 3 is 2.30 bits per heavy atom. The SMILES string of the molecule is CC(C)Oc1cc(C(=O)O)ccc1-c1ccccc1.Cl. The van der Waals surface area contributed by atoms with Crippen LogP contribution in [0.3, 0.4) is 0 Å². The Hall–Kier alpha value is -2.00. The van der Waals surface area contributed by atoms with Crippen molar-refractivity contribution in [2.24, 2.45) is 0 Å². The maximum atomic E-state index is 11.0. The zero-order valence-corrected chi connectivity index (χ0v) is 12.2. The van der Waals surface area contributed by atoms with E-state index in [1.54, 1.807) is 18.2 Å². The van der Waals surface area contributed by atoms with Gasteiger partial charge in [0.2, 0.25) is 0 Å². The van der Waals surface area contributed by atoms with Crippen LogP contribution < -0.4 is 4.74 Å². The number of benzene rings is 2. The van der Waals surface area contributed by atoms with E-state index in [2.05, 4.69) is 0 Å². The number of rotatable bonds is 4. The fraction of sp³-hybridized carbons (Fsp3) is 0.188. The monoisotopic (exact) mass is 292 g/mol. The molecule has 0 saturated carbocycles. The lowest BCUT2D eigenvalue weighted by molar-refractivity contribution is 0.0696. The van der Waals surface area contributed by atoms with Gasteiger partial charge in [-0.2, -0.15) is 0 Å². The first-order valence-electron chi connectivity index (χ1n) is 6.17. The van der Waals surface area contributed by atoms with Gasteiger partial charge < -0.3 is 9.84 Å². The molecule has 2 aromatic rings. The van der Waals surface area contributed by atoms with Crippen LogP contribution in [0, 0.1) is 0 Å². The molecule has 0 atom stereocenters. The van der Waals surface area contributed by atoms with Crippen molar-refractivity contribution in [1.82, 2.24) is 0 Å².